The predicted molar refractivity (Wildman–Crippen MR) is 66.7 cm³/mol. The van der Waals surface area contributed by atoms with Gasteiger partial charge in [0.2, 0.25) is 0 Å². The first-order valence-corrected chi connectivity index (χ1v) is 7.03. The lowest BCUT2D eigenvalue weighted by atomic mass is 10.1. The van der Waals surface area contributed by atoms with Crippen LogP contribution in [0.15, 0.2) is 12.4 Å². The SMILES string of the molecule is c1cn(C2CCN(C3CCCCCC3)C2)nn1. The molecule has 4 nitrogen and oxygen atoms in total. The third-order valence-electron chi connectivity index (χ3n) is 4.35. The quantitative estimate of drug-likeness (QED) is 0.736. The molecule has 0 N–H and O–H groups in total. The van der Waals surface area contributed by atoms with Gasteiger partial charge in [0.05, 0.1) is 12.2 Å². The van der Waals surface area contributed by atoms with Crippen molar-refractivity contribution in [1.82, 2.24) is 19.9 Å². The minimum Gasteiger partial charge on any atom is -0.298 e. The molecule has 1 aromatic rings. The highest BCUT2D eigenvalue weighted by Crippen LogP contribution is 2.28. The molecular formula is C13H22N4. The van der Waals surface area contributed by atoms with Crippen LogP contribution >= 0.6 is 0 Å². The summed E-state index contributed by atoms with van der Waals surface area (Å²) in [5.41, 5.74) is 0. The standard InChI is InChI=1S/C13H22N4/c1-2-4-6-12(5-3-1)16-9-7-13(11-16)17-10-8-14-15-17/h8,10,12-13H,1-7,9,11H2. The summed E-state index contributed by atoms with van der Waals surface area (Å²) in [5, 5.41) is 8.05. The van der Waals surface area contributed by atoms with Gasteiger partial charge in [0.15, 0.2) is 0 Å². The monoisotopic (exact) mass is 234 g/mol. The zero-order valence-corrected chi connectivity index (χ0v) is 10.5. The number of aromatic nitrogens is 3. The van der Waals surface area contributed by atoms with Gasteiger partial charge in [-0.2, -0.15) is 0 Å². The van der Waals surface area contributed by atoms with Crippen molar-refractivity contribution < 1.29 is 0 Å². The lowest BCUT2D eigenvalue weighted by molar-refractivity contribution is 0.212. The molecule has 0 bridgehead atoms. The molecule has 4 heteroatoms. The summed E-state index contributed by atoms with van der Waals surface area (Å²) in [7, 11) is 0. The molecular weight excluding hydrogens is 212 g/mol. The number of rotatable bonds is 2. The number of likely N-dealkylation sites (tertiary alicyclic amines) is 1. The molecule has 94 valence electrons. The Balaban J connectivity index is 1.59. The first-order valence-electron chi connectivity index (χ1n) is 7.03. The number of hydrogen-bond donors (Lipinski definition) is 0. The summed E-state index contributed by atoms with van der Waals surface area (Å²) in [5.74, 6) is 0. The van der Waals surface area contributed by atoms with Gasteiger partial charge in [0.25, 0.3) is 0 Å². The second-order valence-electron chi connectivity index (χ2n) is 5.47. The molecule has 0 amide bonds. The van der Waals surface area contributed by atoms with Crippen LogP contribution in [-0.2, 0) is 0 Å². The molecule has 1 saturated heterocycles. The summed E-state index contributed by atoms with van der Waals surface area (Å²) >= 11 is 0. The second-order valence-corrected chi connectivity index (χ2v) is 5.47. The Hall–Kier alpha value is -0.900. The molecule has 2 heterocycles. The fraction of sp³-hybridized carbons (Fsp3) is 0.846. The van der Waals surface area contributed by atoms with Crippen LogP contribution in [0.1, 0.15) is 51.0 Å². The summed E-state index contributed by atoms with van der Waals surface area (Å²) < 4.78 is 2.04. The van der Waals surface area contributed by atoms with Gasteiger partial charge >= 0.3 is 0 Å². The van der Waals surface area contributed by atoms with Gasteiger partial charge < -0.3 is 0 Å². The topological polar surface area (TPSA) is 34.0 Å². The van der Waals surface area contributed by atoms with Gasteiger partial charge in [-0.1, -0.05) is 30.9 Å². The molecule has 1 aliphatic carbocycles. The van der Waals surface area contributed by atoms with Gasteiger partial charge in [0, 0.05) is 25.3 Å². The number of hydrogen-bond acceptors (Lipinski definition) is 3. The van der Waals surface area contributed by atoms with Crippen LogP contribution in [0.4, 0.5) is 0 Å². The van der Waals surface area contributed by atoms with E-state index in [4.69, 9.17) is 0 Å². The summed E-state index contributed by atoms with van der Waals surface area (Å²) in [4.78, 5) is 2.69. The van der Waals surface area contributed by atoms with Crippen molar-refractivity contribution in [3.8, 4) is 0 Å². The minimum atomic E-state index is 0.556. The van der Waals surface area contributed by atoms with Crippen molar-refractivity contribution in [3.63, 3.8) is 0 Å². The Morgan fingerprint density at radius 1 is 0.941 bits per heavy atom. The van der Waals surface area contributed by atoms with E-state index in [1.807, 2.05) is 10.9 Å². The lowest BCUT2D eigenvalue weighted by Crippen LogP contribution is -2.33. The molecule has 1 aliphatic heterocycles. The van der Waals surface area contributed by atoms with Crippen molar-refractivity contribution in [1.29, 1.82) is 0 Å². The molecule has 1 unspecified atom stereocenters. The van der Waals surface area contributed by atoms with Crippen LogP contribution in [-0.4, -0.2) is 39.0 Å². The van der Waals surface area contributed by atoms with Crippen LogP contribution in [0.5, 0.6) is 0 Å². The van der Waals surface area contributed by atoms with E-state index in [1.165, 1.54) is 58.0 Å². The van der Waals surface area contributed by atoms with Gasteiger partial charge in [-0.15, -0.1) is 5.10 Å². The molecule has 1 atom stereocenters. The Morgan fingerprint density at radius 3 is 2.47 bits per heavy atom. The molecule has 17 heavy (non-hydrogen) atoms. The molecule has 2 fully saturated rings. The number of nitrogens with zero attached hydrogens (tertiary/aromatic N) is 4. The first-order chi connectivity index (χ1) is 8.43. The Labute approximate surface area is 103 Å². The highest BCUT2D eigenvalue weighted by molar-refractivity contribution is 4.86. The van der Waals surface area contributed by atoms with Crippen LogP contribution in [0.3, 0.4) is 0 Å². The van der Waals surface area contributed by atoms with Crippen LogP contribution in [0, 0.1) is 0 Å². The van der Waals surface area contributed by atoms with E-state index in [0.29, 0.717) is 6.04 Å². The van der Waals surface area contributed by atoms with Gasteiger partial charge in [0.1, 0.15) is 0 Å². The largest absolute Gasteiger partial charge is 0.298 e. The molecule has 2 aliphatic rings. The Kier molecular flexibility index (Phi) is 3.41. The van der Waals surface area contributed by atoms with E-state index in [0.717, 1.165) is 6.04 Å². The molecule has 0 spiro atoms. The first kappa shape index (κ1) is 11.2. The smallest absolute Gasteiger partial charge is 0.0693 e. The molecule has 1 aromatic heterocycles. The summed E-state index contributed by atoms with van der Waals surface area (Å²) in [6, 6.07) is 1.40. The van der Waals surface area contributed by atoms with Crippen molar-refractivity contribution >= 4 is 0 Å². The minimum absolute atomic E-state index is 0.556. The van der Waals surface area contributed by atoms with E-state index in [-0.39, 0.29) is 0 Å². The van der Waals surface area contributed by atoms with E-state index in [1.54, 1.807) is 6.20 Å². The van der Waals surface area contributed by atoms with Gasteiger partial charge in [-0.3, -0.25) is 4.90 Å². The van der Waals surface area contributed by atoms with Crippen molar-refractivity contribution in [2.45, 2.75) is 57.0 Å². The third kappa shape index (κ3) is 2.51. The van der Waals surface area contributed by atoms with Crippen molar-refractivity contribution in [2.75, 3.05) is 13.1 Å². The van der Waals surface area contributed by atoms with E-state index < -0.39 is 0 Å². The Morgan fingerprint density at radius 2 is 1.76 bits per heavy atom. The normalized spacial score (nSPS) is 28.4. The maximum atomic E-state index is 4.14. The lowest BCUT2D eigenvalue weighted by Gasteiger charge is -2.26. The van der Waals surface area contributed by atoms with Crippen molar-refractivity contribution in [3.05, 3.63) is 12.4 Å². The summed E-state index contributed by atoms with van der Waals surface area (Å²) in [6.07, 6.45) is 13.6. The van der Waals surface area contributed by atoms with Gasteiger partial charge in [-0.25, -0.2) is 4.68 Å². The summed E-state index contributed by atoms with van der Waals surface area (Å²) in [6.45, 7) is 2.42. The van der Waals surface area contributed by atoms with Crippen LogP contribution < -0.4 is 0 Å². The fourth-order valence-corrected chi connectivity index (χ4v) is 3.35. The zero-order valence-electron chi connectivity index (χ0n) is 10.5. The molecule has 1 saturated carbocycles. The predicted octanol–water partition coefficient (Wildman–Crippen LogP) is 2.25. The molecule has 3 rings (SSSR count). The molecule has 0 aromatic carbocycles. The molecule has 0 radical (unpaired) electrons. The zero-order chi connectivity index (χ0) is 11.5. The third-order valence-corrected chi connectivity index (χ3v) is 4.35. The van der Waals surface area contributed by atoms with Gasteiger partial charge in [-0.05, 0) is 19.3 Å². The maximum Gasteiger partial charge on any atom is 0.0693 e. The van der Waals surface area contributed by atoms with Crippen LogP contribution in [0.25, 0.3) is 0 Å². The second kappa shape index (κ2) is 5.17. The van der Waals surface area contributed by atoms with E-state index in [2.05, 4.69) is 15.2 Å². The van der Waals surface area contributed by atoms with E-state index in [9.17, 15) is 0 Å². The average Bonchev–Trinajstić information content (AvgIpc) is 2.95. The van der Waals surface area contributed by atoms with Crippen molar-refractivity contribution in [2.24, 2.45) is 0 Å². The Bertz CT molecular complexity index is 327. The fourth-order valence-electron chi connectivity index (χ4n) is 3.35. The van der Waals surface area contributed by atoms with E-state index >= 15 is 0 Å². The highest BCUT2D eigenvalue weighted by atomic mass is 15.4. The average molecular weight is 234 g/mol. The maximum absolute atomic E-state index is 4.14. The highest BCUT2D eigenvalue weighted by Gasteiger charge is 2.29. The van der Waals surface area contributed by atoms with Crippen LogP contribution in [0.2, 0.25) is 0 Å².